The summed E-state index contributed by atoms with van der Waals surface area (Å²) in [5, 5.41) is 12.1. The van der Waals surface area contributed by atoms with Crippen LogP contribution in [0, 0.1) is 6.92 Å². The van der Waals surface area contributed by atoms with E-state index in [1.165, 1.54) is 6.07 Å². The fourth-order valence-electron chi connectivity index (χ4n) is 3.64. The number of hydrogen-bond donors (Lipinski definition) is 0. The molecule has 1 aliphatic heterocycles. The van der Waals surface area contributed by atoms with E-state index in [0.717, 1.165) is 23.3 Å². The first kappa shape index (κ1) is 21.1. The first-order chi connectivity index (χ1) is 14.8. The minimum atomic E-state index is -3.48. The van der Waals surface area contributed by atoms with Gasteiger partial charge in [-0.15, -0.1) is 5.10 Å². The second kappa shape index (κ2) is 8.56. The molecule has 31 heavy (non-hydrogen) atoms. The van der Waals surface area contributed by atoms with Crippen molar-refractivity contribution in [2.45, 2.75) is 18.4 Å². The summed E-state index contributed by atoms with van der Waals surface area (Å²) in [6.45, 7) is 4.88. The molecule has 162 valence electrons. The van der Waals surface area contributed by atoms with Crippen molar-refractivity contribution in [3.05, 3.63) is 65.5 Å². The quantitative estimate of drug-likeness (QED) is 0.590. The van der Waals surface area contributed by atoms with Crippen molar-refractivity contribution >= 4 is 15.7 Å². The summed E-state index contributed by atoms with van der Waals surface area (Å²) >= 11 is 0. The molecule has 0 atom stereocenters. The summed E-state index contributed by atoms with van der Waals surface area (Å²) in [6, 6.07) is 14.3. The summed E-state index contributed by atoms with van der Waals surface area (Å²) in [4.78, 5) is 16.9. The van der Waals surface area contributed by atoms with E-state index in [9.17, 15) is 13.2 Å². The average Bonchev–Trinajstić information content (AvgIpc) is 3.22. The van der Waals surface area contributed by atoms with Gasteiger partial charge < -0.3 is 4.90 Å². The number of aromatic nitrogens is 4. The second-order valence-corrected chi connectivity index (χ2v) is 9.66. The highest BCUT2D eigenvalue weighted by Crippen LogP contribution is 2.19. The Morgan fingerprint density at radius 2 is 1.68 bits per heavy atom. The highest BCUT2D eigenvalue weighted by atomic mass is 32.2. The van der Waals surface area contributed by atoms with Gasteiger partial charge in [-0.05, 0) is 41.6 Å². The summed E-state index contributed by atoms with van der Waals surface area (Å²) < 4.78 is 25.8. The van der Waals surface area contributed by atoms with E-state index in [1.54, 1.807) is 27.8 Å². The lowest BCUT2D eigenvalue weighted by molar-refractivity contribution is 0.0620. The Morgan fingerprint density at radius 1 is 1.00 bits per heavy atom. The molecule has 1 amide bonds. The number of piperazine rings is 1. The third-order valence-corrected chi connectivity index (χ3v) is 6.51. The van der Waals surface area contributed by atoms with Gasteiger partial charge in [0, 0.05) is 32.4 Å². The van der Waals surface area contributed by atoms with E-state index >= 15 is 0 Å². The lowest BCUT2D eigenvalue weighted by atomic mass is 10.2. The van der Waals surface area contributed by atoms with E-state index < -0.39 is 9.84 Å². The van der Waals surface area contributed by atoms with Gasteiger partial charge in [0.25, 0.3) is 5.91 Å². The summed E-state index contributed by atoms with van der Waals surface area (Å²) in [6.07, 6.45) is 1.12. The number of aryl methyl sites for hydroxylation is 1. The van der Waals surface area contributed by atoms with Crippen LogP contribution in [0.5, 0.6) is 0 Å². The monoisotopic (exact) mass is 440 g/mol. The highest BCUT2D eigenvalue weighted by Gasteiger charge is 2.26. The lowest BCUT2D eigenvalue weighted by Crippen LogP contribution is -2.48. The molecule has 2 heterocycles. The van der Waals surface area contributed by atoms with Gasteiger partial charge in [-0.3, -0.25) is 9.69 Å². The molecule has 0 radical (unpaired) electrons. The predicted molar refractivity (Wildman–Crippen MR) is 115 cm³/mol. The molecular formula is C21H24N6O3S. The molecule has 0 spiro atoms. The smallest absolute Gasteiger partial charge is 0.255 e. The first-order valence-electron chi connectivity index (χ1n) is 9.98. The Labute approximate surface area is 181 Å². The minimum absolute atomic E-state index is 0.0692. The van der Waals surface area contributed by atoms with Crippen LogP contribution >= 0.6 is 0 Å². The number of sulfone groups is 1. The number of hydrogen-bond acceptors (Lipinski definition) is 7. The van der Waals surface area contributed by atoms with Crippen molar-refractivity contribution in [2.75, 3.05) is 32.4 Å². The number of benzene rings is 2. The fourth-order valence-corrected chi connectivity index (χ4v) is 4.52. The molecule has 0 bridgehead atoms. The van der Waals surface area contributed by atoms with Crippen LogP contribution in [-0.4, -0.2) is 76.8 Å². The van der Waals surface area contributed by atoms with Crippen LogP contribution in [0.4, 0.5) is 0 Å². The van der Waals surface area contributed by atoms with Gasteiger partial charge in [-0.1, -0.05) is 29.8 Å². The van der Waals surface area contributed by atoms with Crippen molar-refractivity contribution < 1.29 is 13.2 Å². The summed E-state index contributed by atoms with van der Waals surface area (Å²) in [5.74, 6) is 0.469. The zero-order chi connectivity index (χ0) is 22.0. The maximum absolute atomic E-state index is 13.0. The molecular weight excluding hydrogens is 416 g/mol. The van der Waals surface area contributed by atoms with Crippen LogP contribution in [0.1, 0.15) is 21.7 Å². The molecule has 0 saturated carbocycles. The number of tetrazole rings is 1. The van der Waals surface area contributed by atoms with Gasteiger partial charge >= 0.3 is 0 Å². The normalized spacial score (nSPS) is 15.2. The van der Waals surface area contributed by atoms with Crippen molar-refractivity contribution in [3.8, 4) is 5.69 Å². The summed E-state index contributed by atoms with van der Waals surface area (Å²) in [5.41, 5.74) is 2.29. The Kier molecular flexibility index (Phi) is 5.84. The number of nitrogens with zero attached hydrogens (tertiary/aromatic N) is 6. The number of amides is 1. The molecule has 10 heteroatoms. The van der Waals surface area contributed by atoms with Crippen molar-refractivity contribution in [1.29, 1.82) is 0 Å². The Morgan fingerprint density at radius 3 is 2.35 bits per heavy atom. The van der Waals surface area contributed by atoms with E-state index in [2.05, 4.69) is 20.4 Å². The van der Waals surface area contributed by atoms with Crippen LogP contribution < -0.4 is 0 Å². The van der Waals surface area contributed by atoms with Crippen LogP contribution in [0.25, 0.3) is 5.69 Å². The molecule has 3 aromatic rings. The van der Waals surface area contributed by atoms with Crippen LogP contribution in [0.15, 0.2) is 53.4 Å². The third-order valence-electron chi connectivity index (χ3n) is 5.35. The van der Waals surface area contributed by atoms with E-state index in [1.807, 2.05) is 31.2 Å². The maximum Gasteiger partial charge on any atom is 0.255 e. The van der Waals surface area contributed by atoms with E-state index in [4.69, 9.17) is 0 Å². The molecule has 0 N–H and O–H groups in total. The molecule has 0 unspecified atom stereocenters. The molecule has 1 fully saturated rings. The van der Waals surface area contributed by atoms with E-state index in [-0.39, 0.29) is 16.4 Å². The van der Waals surface area contributed by atoms with Crippen LogP contribution in [-0.2, 0) is 16.4 Å². The molecule has 1 aliphatic rings. The Balaban J connectivity index is 1.42. The number of carbonyl (C=O) groups excluding carboxylic acids is 1. The zero-order valence-corrected chi connectivity index (χ0v) is 18.3. The molecule has 1 saturated heterocycles. The van der Waals surface area contributed by atoms with Gasteiger partial charge in [0.2, 0.25) is 0 Å². The SMILES string of the molecule is Cc1ccc(-n2nnnc2CN2CCN(C(=O)c3ccccc3S(C)(=O)=O)CC2)cc1. The van der Waals surface area contributed by atoms with Gasteiger partial charge in [0.15, 0.2) is 15.7 Å². The first-order valence-corrected chi connectivity index (χ1v) is 11.9. The predicted octanol–water partition coefficient (Wildman–Crippen LogP) is 1.33. The van der Waals surface area contributed by atoms with Gasteiger partial charge in [-0.25, -0.2) is 8.42 Å². The van der Waals surface area contributed by atoms with Crippen molar-refractivity contribution in [3.63, 3.8) is 0 Å². The van der Waals surface area contributed by atoms with Gasteiger partial charge in [-0.2, -0.15) is 4.68 Å². The van der Waals surface area contributed by atoms with Gasteiger partial charge in [0.05, 0.1) is 22.7 Å². The third kappa shape index (κ3) is 4.64. The molecule has 9 nitrogen and oxygen atoms in total. The van der Waals surface area contributed by atoms with E-state index in [0.29, 0.717) is 32.7 Å². The molecule has 0 aliphatic carbocycles. The standard InChI is InChI=1S/C21H24N6O3S/c1-16-7-9-17(10-8-16)27-20(22-23-24-27)15-25-11-13-26(14-12-25)21(28)18-5-3-4-6-19(18)31(2,29)30/h3-10H,11-15H2,1-2H3. The average molecular weight is 441 g/mol. The fraction of sp³-hybridized carbons (Fsp3) is 0.333. The molecule has 2 aromatic carbocycles. The molecule has 1 aromatic heterocycles. The highest BCUT2D eigenvalue weighted by molar-refractivity contribution is 7.90. The maximum atomic E-state index is 13.0. The van der Waals surface area contributed by atoms with Crippen molar-refractivity contribution in [2.24, 2.45) is 0 Å². The van der Waals surface area contributed by atoms with Crippen molar-refractivity contribution in [1.82, 2.24) is 30.0 Å². The largest absolute Gasteiger partial charge is 0.336 e. The number of carbonyl (C=O) groups is 1. The van der Waals surface area contributed by atoms with Crippen LogP contribution in [0.3, 0.4) is 0 Å². The summed E-state index contributed by atoms with van der Waals surface area (Å²) in [7, 11) is -3.48. The second-order valence-electron chi connectivity index (χ2n) is 7.68. The topological polar surface area (TPSA) is 101 Å². The molecule has 4 rings (SSSR count). The Bertz CT molecular complexity index is 1180. The number of rotatable bonds is 5. The van der Waals surface area contributed by atoms with Crippen LogP contribution in [0.2, 0.25) is 0 Å². The zero-order valence-electron chi connectivity index (χ0n) is 17.5. The minimum Gasteiger partial charge on any atom is -0.336 e. The Hall–Kier alpha value is -3.11. The van der Waals surface area contributed by atoms with Gasteiger partial charge in [0.1, 0.15) is 0 Å². The lowest BCUT2D eigenvalue weighted by Gasteiger charge is -2.34.